The number of hydrogen-bond acceptors (Lipinski definition) is 4. The van der Waals surface area contributed by atoms with Crippen molar-refractivity contribution >= 4 is 11.0 Å². The fourth-order valence-electron chi connectivity index (χ4n) is 2.00. The maximum Gasteiger partial charge on any atom is 0.134 e. The molecule has 1 aromatic carbocycles. The van der Waals surface area contributed by atoms with Gasteiger partial charge in [0.25, 0.3) is 0 Å². The first-order valence-corrected chi connectivity index (χ1v) is 6.29. The van der Waals surface area contributed by atoms with Crippen LogP contribution in [0, 0.1) is 0 Å². The Morgan fingerprint density at radius 3 is 2.95 bits per heavy atom. The quantitative estimate of drug-likeness (QED) is 0.776. The third kappa shape index (κ3) is 2.63. The Morgan fingerprint density at radius 1 is 1.26 bits per heavy atom. The van der Waals surface area contributed by atoms with Gasteiger partial charge in [0.2, 0.25) is 0 Å². The van der Waals surface area contributed by atoms with E-state index in [0.717, 1.165) is 22.4 Å². The summed E-state index contributed by atoms with van der Waals surface area (Å²) in [6.07, 6.45) is 3.30. The molecular formula is C15H15N3O. The van der Waals surface area contributed by atoms with Crippen LogP contribution in [0.1, 0.15) is 24.4 Å². The molecule has 3 rings (SSSR count). The highest BCUT2D eigenvalue weighted by Crippen LogP contribution is 2.23. The van der Waals surface area contributed by atoms with Crippen LogP contribution in [0.4, 0.5) is 0 Å². The second-order valence-electron chi connectivity index (χ2n) is 4.49. The lowest BCUT2D eigenvalue weighted by molar-refractivity contribution is 0.449. The highest BCUT2D eigenvalue weighted by atomic mass is 16.3. The van der Waals surface area contributed by atoms with E-state index in [2.05, 4.69) is 34.3 Å². The summed E-state index contributed by atoms with van der Waals surface area (Å²) in [5.41, 5.74) is 1.89. The Bertz CT molecular complexity index is 630. The van der Waals surface area contributed by atoms with Crippen molar-refractivity contribution in [2.24, 2.45) is 0 Å². The molecule has 0 radical (unpaired) electrons. The molecule has 2 aromatic heterocycles. The van der Waals surface area contributed by atoms with Gasteiger partial charge in [0.15, 0.2) is 0 Å². The van der Waals surface area contributed by atoms with Crippen LogP contribution in [-0.4, -0.2) is 9.97 Å². The highest BCUT2D eigenvalue weighted by molar-refractivity contribution is 5.77. The second kappa shape index (κ2) is 5.20. The molecule has 1 unspecified atom stereocenters. The number of nitrogens with one attached hydrogen (secondary N) is 1. The molecule has 19 heavy (non-hydrogen) atoms. The monoisotopic (exact) mass is 253 g/mol. The summed E-state index contributed by atoms with van der Waals surface area (Å²) >= 11 is 0. The second-order valence-corrected chi connectivity index (χ2v) is 4.49. The Balaban J connectivity index is 1.71. The molecule has 0 amide bonds. The molecule has 0 aliphatic carbocycles. The molecule has 1 N–H and O–H groups in total. The van der Waals surface area contributed by atoms with Gasteiger partial charge >= 0.3 is 0 Å². The third-order valence-electron chi connectivity index (χ3n) is 3.10. The predicted octanol–water partition coefficient (Wildman–Crippen LogP) is 3.07. The first-order chi connectivity index (χ1) is 9.33. The summed E-state index contributed by atoms with van der Waals surface area (Å²) in [5, 5.41) is 4.52. The lowest BCUT2D eigenvalue weighted by Gasteiger charge is -2.10. The van der Waals surface area contributed by atoms with Crippen LogP contribution in [0.15, 0.2) is 53.3 Å². The van der Waals surface area contributed by atoms with Crippen molar-refractivity contribution in [3.63, 3.8) is 0 Å². The number of rotatable bonds is 4. The summed E-state index contributed by atoms with van der Waals surface area (Å²) < 4.78 is 5.82. The molecule has 3 aromatic rings. The van der Waals surface area contributed by atoms with Crippen molar-refractivity contribution in [3.05, 3.63) is 60.4 Å². The van der Waals surface area contributed by atoms with Crippen LogP contribution < -0.4 is 5.32 Å². The Hall–Kier alpha value is -2.20. The largest absolute Gasteiger partial charge is 0.459 e. The van der Waals surface area contributed by atoms with Gasteiger partial charge in [-0.25, -0.2) is 9.97 Å². The number of aromatic nitrogens is 2. The summed E-state index contributed by atoms with van der Waals surface area (Å²) in [7, 11) is 0. The highest BCUT2D eigenvalue weighted by Gasteiger charge is 2.10. The maximum absolute atomic E-state index is 5.82. The van der Waals surface area contributed by atoms with Gasteiger partial charge in [-0.2, -0.15) is 0 Å². The van der Waals surface area contributed by atoms with E-state index in [1.54, 1.807) is 12.5 Å². The molecule has 0 fully saturated rings. The molecule has 0 saturated heterocycles. The molecule has 0 aliphatic heterocycles. The van der Waals surface area contributed by atoms with Crippen molar-refractivity contribution in [3.8, 4) is 0 Å². The van der Waals surface area contributed by atoms with E-state index in [-0.39, 0.29) is 6.04 Å². The van der Waals surface area contributed by atoms with Crippen LogP contribution >= 0.6 is 0 Å². The van der Waals surface area contributed by atoms with Crippen LogP contribution in [0.25, 0.3) is 11.0 Å². The van der Waals surface area contributed by atoms with Gasteiger partial charge in [0.1, 0.15) is 17.7 Å². The Labute approximate surface area is 111 Å². The molecule has 4 heteroatoms. The Morgan fingerprint density at radius 2 is 2.16 bits per heavy atom. The van der Waals surface area contributed by atoms with E-state index in [9.17, 15) is 0 Å². The average molecular weight is 253 g/mol. The zero-order chi connectivity index (χ0) is 13.1. The number of fused-ring (bicyclic) bond motifs is 1. The van der Waals surface area contributed by atoms with E-state index in [1.165, 1.54) is 0 Å². The van der Waals surface area contributed by atoms with E-state index >= 15 is 0 Å². The van der Waals surface area contributed by atoms with Crippen LogP contribution in [0.2, 0.25) is 0 Å². The predicted molar refractivity (Wildman–Crippen MR) is 73.5 cm³/mol. The van der Waals surface area contributed by atoms with E-state index < -0.39 is 0 Å². The van der Waals surface area contributed by atoms with Gasteiger partial charge in [-0.3, -0.25) is 0 Å². The van der Waals surface area contributed by atoms with Crippen molar-refractivity contribution < 1.29 is 4.42 Å². The van der Waals surface area contributed by atoms with Crippen LogP contribution in [0.5, 0.6) is 0 Å². The lowest BCUT2D eigenvalue weighted by atomic mass is 10.2. The van der Waals surface area contributed by atoms with Gasteiger partial charge in [-0.1, -0.05) is 18.2 Å². The normalized spacial score (nSPS) is 12.7. The minimum Gasteiger partial charge on any atom is -0.459 e. The number of furan rings is 1. The summed E-state index contributed by atoms with van der Waals surface area (Å²) in [4.78, 5) is 8.08. The summed E-state index contributed by atoms with van der Waals surface area (Å²) in [6, 6.07) is 12.2. The first-order valence-electron chi connectivity index (χ1n) is 6.29. The van der Waals surface area contributed by atoms with E-state index in [0.29, 0.717) is 6.54 Å². The minimum absolute atomic E-state index is 0.141. The average Bonchev–Trinajstić information content (AvgIpc) is 2.90. The number of nitrogens with zero attached hydrogens (tertiary/aromatic N) is 2. The molecule has 96 valence electrons. The topological polar surface area (TPSA) is 51.0 Å². The summed E-state index contributed by atoms with van der Waals surface area (Å²) in [5.74, 6) is 0.940. The molecule has 4 nitrogen and oxygen atoms in total. The van der Waals surface area contributed by atoms with Gasteiger partial charge in [0.05, 0.1) is 11.7 Å². The standard InChI is InChI=1S/C15H15N3O/c1-11(17-9-13-6-7-16-10-18-13)15-8-12-4-2-3-5-14(12)19-15/h2-8,10-11,17H,9H2,1H3. The van der Waals surface area contributed by atoms with Gasteiger partial charge in [-0.05, 0) is 25.1 Å². The fourth-order valence-corrected chi connectivity index (χ4v) is 2.00. The number of hydrogen-bond donors (Lipinski definition) is 1. The van der Waals surface area contributed by atoms with Crippen molar-refractivity contribution in [1.82, 2.24) is 15.3 Å². The molecule has 0 aliphatic rings. The van der Waals surface area contributed by atoms with Gasteiger partial charge in [0, 0.05) is 18.1 Å². The molecule has 1 atom stereocenters. The van der Waals surface area contributed by atoms with E-state index in [1.807, 2.05) is 24.3 Å². The molecule has 0 bridgehead atoms. The van der Waals surface area contributed by atoms with Crippen molar-refractivity contribution in [2.75, 3.05) is 0 Å². The SMILES string of the molecule is CC(NCc1ccncn1)c1cc2ccccc2o1. The summed E-state index contributed by atoms with van der Waals surface area (Å²) in [6.45, 7) is 2.78. The van der Waals surface area contributed by atoms with Crippen LogP contribution in [-0.2, 0) is 6.54 Å². The Kier molecular flexibility index (Phi) is 3.25. The molecule has 2 heterocycles. The number of benzene rings is 1. The maximum atomic E-state index is 5.82. The third-order valence-corrected chi connectivity index (χ3v) is 3.10. The molecular weight excluding hydrogens is 238 g/mol. The van der Waals surface area contributed by atoms with E-state index in [4.69, 9.17) is 4.42 Å². The first kappa shape index (κ1) is 11.9. The zero-order valence-corrected chi connectivity index (χ0v) is 10.7. The van der Waals surface area contributed by atoms with Crippen molar-refractivity contribution in [2.45, 2.75) is 19.5 Å². The number of para-hydroxylation sites is 1. The minimum atomic E-state index is 0.141. The van der Waals surface area contributed by atoms with Gasteiger partial charge < -0.3 is 9.73 Å². The molecule has 0 spiro atoms. The van der Waals surface area contributed by atoms with Crippen LogP contribution in [0.3, 0.4) is 0 Å². The lowest BCUT2D eigenvalue weighted by Crippen LogP contribution is -2.18. The molecule has 0 saturated carbocycles. The fraction of sp³-hybridized carbons (Fsp3) is 0.200. The smallest absolute Gasteiger partial charge is 0.134 e. The van der Waals surface area contributed by atoms with Gasteiger partial charge in [-0.15, -0.1) is 0 Å². The van der Waals surface area contributed by atoms with Crippen molar-refractivity contribution in [1.29, 1.82) is 0 Å². The zero-order valence-electron chi connectivity index (χ0n) is 10.7.